The first-order valence-electron chi connectivity index (χ1n) is 20.7. The van der Waals surface area contributed by atoms with Gasteiger partial charge in [0.05, 0.1) is 31.0 Å². The van der Waals surface area contributed by atoms with Crippen molar-refractivity contribution < 1.29 is 98.9 Å². The van der Waals surface area contributed by atoms with Crippen LogP contribution in [0.4, 0.5) is 0 Å². The predicted octanol–water partition coefficient (Wildman–Crippen LogP) is -1.88. The van der Waals surface area contributed by atoms with Crippen LogP contribution in [-0.4, -0.2) is 198 Å². The van der Waals surface area contributed by atoms with Crippen molar-refractivity contribution in [2.75, 3.05) is 6.61 Å². The largest absolute Gasteiger partial charge is 0.481 e. The van der Waals surface area contributed by atoms with Crippen molar-refractivity contribution in [2.24, 2.45) is 0 Å². The second-order valence-electron chi connectivity index (χ2n) is 16.0. The molecule has 4 rings (SSSR count). The number of hydrogen-bond donors (Lipinski definition) is 11. The van der Waals surface area contributed by atoms with Crippen molar-refractivity contribution in [2.45, 2.75) is 227 Å². The van der Waals surface area contributed by atoms with Gasteiger partial charge in [0.1, 0.15) is 79.4 Å². The molecule has 4 aliphatic rings. The molecule has 21 atom stereocenters. The molecule has 0 aromatic carbocycles. The Kier molecular flexibility index (Phi) is 19.8. The summed E-state index contributed by atoms with van der Waals surface area (Å²) in [5.41, 5.74) is 0. The molecule has 4 aliphatic heterocycles. The summed E-state index contributed by atoms with van der Waals surface area (Å²) in [4.78, 5) is 10.7. The van der Waals surface area contributed by atoms with Gasteiger partial charge in [-0.15, -0.1) is 0 Å². The summed E-state index contributed by atoms with van der Waals surface area (Å²) in [6, 6.07) is 0. The van der Waals surface area contributed by atoms with Gasteiger partial charge in [0.2, 0.25) is 0 Å². The summed E-state index contributed by atoms with van der Waals surface area (Å²) in [6.07, 6.45) is -22.6. The van der Waals surface area contributed by atoms with Crippen LogP contribution in [0.2, 0.25) is 0 Å². The number of unbranched alkanes of at least 4 members (excludes halogenated alkanes) is 6. The maximum absolute atomic E-state index is 11.4. The first-order chi connectivity index (χ1) is 27.5. The molecule has 0 saturated carbocycles. The lowest BCUT2D eigenvalue weighted by Gasteiger charge is -2.49. The van der Waals surface area contributed by atoms with Crippen molar-refractivity contribution >= 4 is 5.97 Å². The molecule has 0 unspecified atom stereocenters. The zero-order chi connectivity index (χ0) is 42.8. The number of rotatable bonds is 21. The maximum atomic E-state index is 11.4. The van der Waals surface area contributed by atoms with Crippen LogP contribution in [0.25, 0.3) is 0 Å². The van der Waals surface area contributed by atoms with Crippen LogP contribution in [0.5, 0.6) is 0 Å². The van der Waals surface area contributed by atoms with Crippen LogP contribution >= 0.6 is 0 Å². The van der Waals surface area contributed by atoms with Gasteiger partial charge in [-0.3, -0.25) is 4.79 Å². The molecular weight excluding hydrogens is 776 g/mol. The van der Waals surface area contributed by atoms with Gasteiger partial charge in [-0.05, 0) is 40.0 Å². The highest BCUT2D eigenvalue weighted by atomic mass is 16.8. The first kappa shape index (κ1) is 49.4. The number of carbonyl (C=O) groups is 1. The summed E-state index contributed by atoms with van der Waals surface area (Å²) in [7, 11) is 0. The number of aliphatic hydroxyl groups excluding tert-OH is 10. The molecule has 58 heavy (non-hydrogen) atoms. The highest BCUT2D eigenvalue weighted by molar-refractivity contribution is 5.66. The van der Waals surface area contributed by atoms with Gasteiger partial charge >= 0.3 is 5.97 Å². The molecule has 0 spiro atoms. The Balaban J connectivity index is 1.48. The topological polar surface area (TPSA) is 313 Å². The number of carboxylic acids is 1. The molecule has 0 aromatic heterocycles. The van der Waals surface area contributed by atoms with Crippen LogP contribution < -0.4 is 0 Å². The molecule has 0 bridgehead atoms. The number of aliphatic hydroxyl groups is 10. The lowest BCUT2D eigenvalue weighted by molar-refractivity contribution is -0.399. The summed E-state index contributed by atoms with van der Waals surface area (Å²) < 4.78 is 47.4. The molecule has 0 radical (unpaired) electrons. The Labute approximate surface area is 338 Å². The van der Waals surface area contributed by atoms with Crippen molar-refractivity contribution in [1.29, 1.82) is 0 Å². The fraction of sp³-hybridized carbons (Fsp3) is 0.974. The van der Waals surface area contributed by atoms with E-state index in [1.807, 2.05) is 6.92 Å². The molecule has 4 saturated heterocycles. The van der Waals surface area contributed by atoms with Crippen LogP contribution in [0, 0.1) is 0 Å². The second kappa shape index (κ2) is 23.3. The van der Waals surface area contributed by atoms with Gasteiger partial charge in [-0.1, -0.05) is 51.9 Å². The third-order valence-corrected chi connectivity index (χ3v) is 11.4. The predicted molar refractivity (Wildman–Crippen MR) is 196 cm³/mol. The highest BCUT2D eigenvalue weighted by Gasteiger charge is 2.55. The van der Waals surface area contributed by atoms with Gasteiger partial charge in [0.15, 0.2) is 25.2 Å². The van der Waals surface area contributed by atoms with Gasteiger partial charge in [0.25, 0.3) is 0 Å². The first-order valence-corrected chi connectivity index (χ1v) is 20.7. The zero-order valence-electron chi connectivity index (χ0n) is 33.7. The maximum Gasteiger partial charge on any atom is 0.303 e. The fourth-order valence-corrected chi connectivity index (χ4v) is 7.75. The quantitative estimate of drug-likeness (QED) is 0.0564. The summed E-state index contributed by atoms with van der Waals surface area (Å²) in [5.74, 6) is -0.794. The molecule has 0 aromatic rings. The molecule has 0 amide bonds. The van der Waals surface area contributed by atoms with E-state index < -0.39 is 135 Å². The molecule has 340 valence electrons. The van der Waals surface area contributed by atoms with Crippen LogP contribution in [0.3, 0.4) is 0 Å². The van der Waals surface area contributed by atoms with Gasteiger partial charge < -0.3 is 94.1 Å². The van der Waals surface area contributed by atoms with E-state index in [0.29, 0.717) is 19.3 Å². The lowest BCUT2D eigenvalue weighted by Crippen LogP contribution is -2.67. The van der Waals surface area contributed by atoms with E-state index in [1.165, 1.54) is 13.8 Å². The average Bonchev–Trinajstić information content (AvgIpc) is 3.18. The van der Waals surface area contributed by atoms with Crippen LogP contribution in [0.15, 0.2) is 0 Å². The van der Waals surface area contributed by atoms with Crippen molar-refractivity contribution in [1.82, 2.24) is 0 Å². The van der Waals surface area contributed by atoms with Gasteiger partial charge in [0, 0.05) is 6.42 Å². The molecular formula is C38H68O20. The van der Waals surface area contributed by atoms with Crippen LogP contribution in [-0.2, 0) is 42.7 Å². The van der Waals surface area contributed by atoms with Crippen LogP contribution in [0.1, 0.15) is 98.3 Å². The minimum absolute atomic E-state index is 0.167. The third-order valence-electron chi connectivity index (χ3n) is 11.4. The zero-order valence-corrected chi connectivity index (χ0v) is 33.7. The van der Waals surface area contributed by atoms with E-state index in [1.54, 1.807) is 6.92 Å². The normalized spacial score (nSPS) is 44.2. The third kappa shape index (κ3) is 12.7. The van der Waals surface area contributed by atoms with E-state index in [-0.39, 0.29) is 12.5 Å². The second-order valence-corrected chi connectivity index (χ2v) is 16.0. The Morgan fingerprint density at radius 3 is 1.60 bits per heavy atom. The number of carboxylic acid groups (broad SMARTS) is 1. The smallest absolute Gasteiger partial charge is 0.303 e. The minimum atomic E-state index is -1.88. The summed E-state index contributed by atoms with van der Waals surface area (Å²) in [5, 5.41) is 116. The standard InChI is InChI=1S/C38H68O20/c1-5-13-20(14-11-9-7-6-8-10-12-15-22(40)41)54-37-33(28(47)24(43)18(3)53-37)58-38-34(29(48)26(45)21(16-39)55-38)57-36-31(50)32(25(44)19(4)52-36)56-35-30(49)27(46)23(42)17(2)51-35/h17-21,23-39,42-50H,5-16H2,1-4H3,(H,40,41)/t17-,18+,19-,20-,21+,23-,24+,25-,26-,27+,28-,29-,30+,31+,32+,33+,34+,35-,36-,37-,38-/m0/s1. The van der Waals surface area contributed by atoms with Crippen molar-refractivity contribution in [3.05, 3.63) is 0 Å². The SMILES string of the molecule is CCC[C@@H](CCCCCCCCCC(=O)O)O[C@@H]1O[C@H](C)[C@@H](O)[C@H](O)[C@H]1O[C@@H]1O[C@H](CO)[C@H](O)[C@H](O)[C@H]1O[C@@H]1O[C@@H](C)[C@H](O)[C@@H](O[C@@H]2O[C@@H](C)[C@H](O)[C@@H](O)[C@H]2O)[C@H]1O. The van der Waals surface area contributed by atoms with E-state index in [9.17, 15) is 55.9 Å². The lowest BCUT2D eigenvalue weighted by atomic mass is 9.96. The molecule has 20 heteroatoms. The van der Waals surface area contributed by atoms with Gasteiger partial charge in [-0.25, -0.2) is 0 Å². The minimum Gasteiger partial charge on any atom is -0.481 e. The summed E-state index contributed by atoms with van der Waals surface area (Å²) in [6.45, 7) is 5.59. The monoisotopic (exact) mass is 844 g/mol. The molecule has 20 nitrogen and oxygen atoms in total. The fourth-order valence-electron chi connectivity index (χ4n) is 7.75. The van der Waals surface area contributed by atoms with E-state index in [0.717, 1.165) is 44.9 Å². The van der Waals surface area contributed by atoms with E-state index in [2.05, 4.69) is 0 Å². The van der Waals surface area contributed by atoms with E-state index in [4.69, 9.17) is 43.0 Å². The van der Waals surface area contributed by atoms with Gasteiger partial charge in [-0.2, -0.15) is 0 Å². The number of aliphatic carboxylic acids is 1. The Hall–Kier alpha value is -1.25. The number of hydrogen-bond acceptors (Lipinski definition) is 19. The highest BCUT2D eigenvalue weighted by Crippen LogP contribution is 2.35. The Bertz CT molecular complexity index is 1200. The molecule has 0 aliphatic carbocycles. The molecule has 4 heterocycles. The molecule has 11 N–H and O–H groups in total. The van der Waals surface area contributed by atoms with Crippen molar-refractivity contribution in [3.8, 4) is 0 Å². The average molecular weight is 845 g/mol. The van der Waals surface area contributed by atoms with E-state index >= 15 is 0 Å². The van der Waals surface area contributed by atoms with Crippen molar-refractivity contribution in [3.63, 3.8) is 0 Å². The summed E-state index contributed by atoms with van der Waals surface area (Å²) >= 11 is 0. The number of ether oxygens (including phenoxy) is 8. The molecule has 4 fully saturated rings. The Morgan fingerprint density at radius 2 is 1.00 bits per heavy atom. The Morgan fingerprint density at radius 1 is 0.517 bits per heavy atom.